The fourth-order valence-electron chi connectivity index (χ4n) is 3.05. The molecule has 1 N–H and O–H groups in total. The molecule has 0 aliphatic carbocycles. The number of aryl methyl sites for hydroxylation is 2. The standard InChI is InChI=1S/C22H20ClF3N2/c1-15-11-16(13-17(12-15)22(24,25)26)5-4-10-27-18-7-8-20(23)19(14-18)21-6-2-3-9-28-21/h2-3,6-9,11-14,27H,4-5,10H2,1H3. The Bertz CT molecular complexity index is 940. The fraction of sp³-hybridized carbons (Fsp3) is 0.227. The summed E-state index contributed by atoms with van der Waals surface area (Å²) in [5, 5.41) is 3.92. The van der Waals surface area contributed by atoms with Gasteiger partial charge in [0.05, 0.1) is 16.3 Å². The van der Waals surface area contributed by atoms with Crippen LogP contribution < -0.4 is 5.32 Å². The predicted molar refractivity (Wildman–Crippen MR) is 108 cm³/mol. The summed E-state index contributed by atoms with van der Waals surface area (Å²) in [5.74, 6) is 0. The number of benzene rings is 2. The Hall–Kier alpha value is -2.53. The van der Waals surface area contributed by atoms with Crippen molar-refractivity contribution in [2.24, 2.45) is 0 Å². The van der Waals surface area contributed by atoms with Crippen LogP contribution in [0.2, 0.25) is 5.02 Å². The van der Waals surface area contributed by atoms with Crippen LogP contribution in [0.5, 0.6) is 0 Å². The van der Waals surface area contributed by atoms with Crippen molar-refractivity contribution in [3.63, 3.8) is 0 Å². The molecule has 1 aromatic heterocycles. The summed E-state index contributed by atoms with van der Waals surface area (Å²) in [7, 11) is 0. The van der Waals surface area contributed by atoms with Crippen molar-refractivity contribution in [3.8, 4) is 11.3 Å². The summed E-state index contributed by atoms with van der Waals surface area (Å²) >= 11 is 6.28. The molecule has 2 nitrogen and oxygen atoms in total. The van der Waals surface area contributed by atoms with Crippen LogP contribution in [-0.2, 0) is 12.6 Å². The average molecular weight is 405 g/mol. The van der Waals surface area contributed by atoms with Crippen LogP contribution in [0, 0.1) is 6.92 Å². The molecule has 0 atom stereocenters. The highest BCUT2D eigenvalue weighted by Gasteiger charge is 2.30. The predicted octanol–water partition coefficient (Wildman–Crippen LogP) is 6.77. The van der Waals surface area contributed by atoms with Gasteiger partial charge in [0.1, 0.15) is 0 Å². The second-order valence-corrected chi connectivity index (χ2v) is 7.05. The quantitative estimate of drug-likeness (QED) is 0.458. The smallest absolute Gasteiger partial charge is 0.385 e. The van der Waals surface area contributed by atoms with E-state index in [9.17, 15) is 13.2 Å². The molecule has 0 saturated carbocycles. The van der Waals surface area contributed by atoms with Crippen LogP contribution in [-0.4, -0.2) is 11.5 Å². The Morgan fingerprint density at radius 3 is 2.57 bits per heavy atom. The Morgan fingerprint density at radius 2 is 1.86 bits per heavy atom. The van der Waals surface area contributed by atoms with Crippen LogP contribution >= 0.6 is 11.6 Å². The number of aromatic nitrogens is 1. The number of hydrogen-bond acceptors (Lipinski definition) is 2. The molecule has 0 unspecified atom stereocenters. The monoisotopic (exact) mass is 404 g/mol. The Labute approximate surface area is 167 Å². The van der Waals surface area contributed by atoms with Crippen LogP contribution in [0.1, 0.15) is 23.1 Å². The third-order valence-corrected chi connectivity index (χ3v) is 4.67. The van der Waals surface area contributed by atoms with Gasteiger partial charge in [0.2, 0.25) is 0 Å². The van der Waals surface area contributed by atoms with E-state index in [0.29, 0.717) is 35.5 Å². The largest absolute Gasteiger partial charge is 0.416 e. The number of anilines is 1. The molecule has 0 bridgehead atoms. The van der Waals surface area contributed by atoms with E-state index in [4.69, 9.17) is 11.6 Å². The second kappa shape index (κ2) is 8.65. The molecular formula is C22H20ClF3N2. The normalized spacial score (nSPS) is 11.5. The van der Waals surface area contributed by atoms with Gasteiger partial charge in [-0.1, -0.05) is 29.3 Å². The van der Waals surface area contributed by atoms with E-state index in [2.05, 4.69) is 10.3 Å². The number of alkyl halides is 3. The van der Waals surface area contributed by atoms with Gasteiger partial charge in [-0.25, -0.2) is 0 Å². The van der Waals surface area contributed by atoms with Crippen LogP contribution in [0.4, 0.5) is 18.9 Å². The molecule has 0 radical (unpaired) electrons. The molecule has 146 valence electrons. The molecule has 6 heteroatoms. The van der Waals surface area contributed by atoms with E-state index >= 15 is 0 Å². The van der Waals surface area contributed by atoms with Gasteiger partial charge in [-0.3, -0.25) is 4.98 Å². The van der Waals surface area contributed by atoms with Crippen molar-refractivity contribution in [2.45, 2.75) is 25.9 Å². The summed E-state index contributed by atoms with van der Waals surface area (Å²) in [6.45, 7) is 2.32. The lowest BCUT2D eigenvalue weighted by Crippen LogP contribution is -2.07. The molecule has 3 rings (SSSR count). The number of halogens is 4. The summed E-state index contributed by atoms with van der Waals surface area (Å²) in [5.41, 5.74) is 3.24. The first-order valence-corrected chi connectivity index (χ1v) is 9.33. The molecule has 0 fully saturated rings. The number of rotatable bonds is 6. The minimum Gasteiger partial charge on any atom is -0.385 e. The van der Waals surface area contributed by atoms with Crippen LogP contribution in [0.3, 0.4) is 0 Å². The summed E-state index contributed by atoms with van der Waals surface area (Å²) in [4.78, 5) is 4.32. The first-order valence-electron chi connectivity index (χ1n) is 8.95. The van der Waals surface area contributed by atoms with Crippen molar-refractivity contribution >= 4 is 17.3 Å². The number of hydrogen-bond donors (Lipinski definition) is 1. The summed E-state index contributed by atoms with van der Waals surface area (Å²) in [6.07, 6.45) is -1.33. The third kappa shape index (κ3) is 5.26. The summed E-state index contributed by atoms with van der Waals surface area (Å²) < 4.78 is 38.8. The zero-order chi connectivity index (χ0) is 20.1. The lowest BCUT2D eigenvalue weighted by Gasteiger charge is -2.12. The number of nitrogens with zero attached hydrogens (tertiary/aromatic N) is 1. The Kier molecular flexibility index (Phi) is 6.25. The highest BCUT2D eigenvalue weighted by atomic mass is 35.5. The third-order valence-electron chi connectivity index (χ3n) is 4.34. The molecule has 0 saturated heterocycles. The Morgan fingerprint density at radius 1 is 1.04 bits per heavy atom. The van der Waals surface area contributed by atoms with Crippen molar-refractivity contribution in [1.82, 2.24) is 4.98 Å². The van der Waals surface area contributed by atoms with Gasteiger partial charge in [-0.2, -0.15) is 13.2 Å². The van der Waals surface area contributed by atoms with Gasteiger partial charge in [0.15, 0.2) is 0 Å². The van der Waals surface area contributed by atoms with E-state index in [1.807, 2.05) is 36.4 Å². The van der Waals surface area contributed by atoms with Crippen molar-refractivity contribution in [2.75, 3.05) is 11.9 Å². The highest BCUT2D eigenvalue weighted by molar-refractivity contribution is 6.33. The molecule has 0 spiro atoms. The van der Waals surface area contributed by atoms with Gasteiger partial charge in [0.25, 0.3) is 0 Å². The average Bonchev–Trinajstić information content (AvgIpc) is 2.66. The van der Waals surface area contributed by atoms with Crippen molar-refractivity contribution < 1.29 is 13.2 Å². The SMILES string of the molecule is Cc1cc(CCCNc2ccc(Cl)c(-c3ccccn3)c2)cc(C(F)(F)F)c1. The van der Waals surface area contributed by atoms with Gasteiger partial charge >= 0.3 is 6.18 Å². The Balaban J connectivity index is 1.61. The first kappa shape index (κ1) is 20.2. The zero-order valence-corrected chi connectivity index (χ0v) is 16.1. The second-order valence-electron chi connectivity index (χ2n) is 6.64. The molecule has 0 aliphatic rings. The van der Waals surface area contributed by atoms with Gasteiger partial charge < -0.3 is 5.32 Å². The summed E-state index contributed by atoms with van der Waals surface area (Å²) in [6, 6.07) is 15.5. The van der Waals surface area contributed by atoms with E-state index in [0.717, 1.165) is 16.9 Å². The van der Waals surface area contributed by atoms with Gasteiger partial charge in [-0.05, 0) is 67.8 Å². The lowest BCUT2D eigenvalue weighted by molar-refractivity contribution is -0.137. The van der Waals surface area contributed by atoms with E-state index < -0.39 is 11.7 Å². The highest BCUT2D eigenvalue weighted by Crippen LogP contribution is 2.31. The molecule has 2 aromatic carbocycles. The van der Waals surface area contributed by atoms with E-state index in [-0.39, 0.29) is 0 Å². The molecule has 0 amide bonds. The molecule has 1 heterocycles. The zero-order valence-electron chi connectivity index (χ0n) is 15.4. The van der Waals surface area contributed by atoms with Gasteiger partial charge in [0, 0.05) is 24.0 Å². The maximum Gasteiger partial charge on any atom is 0.416 e. The molecular weight excluding hydrogens is 385 g/mol. The molecule has 28 heavy (non-hydrogen) atoms. The first-order chi connectivity index (χ1) is 13.3. The van der Waals surface area contributed by atoms with Crippen LogP contribution in [0.15, 0.2) is 60.8 Å². The van der Waals surface area contributed by atoms with Crippen molar-refractivity contribution in [1.29, 1.82) is 0 Å². The number of pyridine rings is 1. The fourth-order valence-corrected chi connectivity index (χ4v) is 3.26. The van der Waals surface area contributed by atoms with Gasteiger partial charge in [-0.15, -0.1) is 0 Å². The minimum atomic E-state index is -4.32. The topological polar surface area (TPSA) is 24.9 Å². The number of nitrogens with one attached hydrogen (secondary N) is 1. The van der Waals surface area contributed by atoms with Crippen LogP contribution in [0.25, 0.3) is 11.3 Å². The lowest BCUT2D eigenvalue weighted by atomic mass is 10.0. The minimum absolute atomic E-state index is 0.568. The van der Waals surface area contributed by atoms with E-state index in [1.165, 1.54) is 12.1 Å². The van der Waals surface area contributed by atoms with E-state index in [1.54, 1.807) is 19.2 Å². The molecule has 0 aliphatic heterocycles. The maximum atomic E-state index is 12.9. The maximum absolute atomic E-state index is 12.9. The molecule has 3 aromatic rings. The van der Waals surface area contributed by atoms with Crippen molar-refractivity contribution in [3.05, 3.63) is 82.5 Å².